The highest BCUT2D eigenvalue weighted by Gasteiger charge is 2.51. The molecule has 9 heteroatoms. The van der Waals surface area contributed by atoms with Crippen LogP contribution in [-0.2, 0) is 22.6 Å². The number of hydrogen-bond acceptors (Lipinski definition) is 7. The summed E-state index contributed by atoms with van der Waals surface area (Å²) in [5, 5.41) is 16.9. The molecule has 49 heavy (non-hydrogen) atoms. The predicted octanol–water partition coefficient (Wildman–Crippen LogP) is 7.74. The molecule has 2 heterocycles. The van der Waals surface area contributed by atoms with Crippen molar-refractivity contribution in [3.63, 3.8) is 0 Å². The van der Waals surface area contributed by atoms with Crippen molar-refractivity contribution >= 4 is 17.8 Å². The van der Waals surface area contributed by atoms with E-state index in [1.807, 2.05) is 36.4 Å². The van der Waals surface area contributed by atoms with Gasteiger partial charge in [0.2, 0.25) is 0 Å². The van der Waals surface area contributed by atoms with Crippen molar-refractivity contribution in [3.05, 3.63) is 114 Å². The highest BCUT2D eigenvalue weighted by atomic mass is 32.2. The van der Waals surface area contributed by atoms with E-state index in [0.29, 0.717) is 18.7 Å². The molecule has 8 nitrogen and oxygen atoms in total. The summed E-state index contributed by atoms with van der Waals surface area (Å²) in [7, 11) is 0. The van der Waals surface area contributed by atoms with E-state index in [1.54, 1.807) is 24.2 Å². The molecular formula is C40H44N4O4S. The second-order valence-electron chi connectivity index (χ2n) is 14.5. The van der Waals surface area contributed by atoms with Crippen molar-refractivity contribution in [3.8, 4) is 11.1 Å². The molecule has 0 radical (unpaired) electrons. The maximum Gasteiger partial charge on any atom is 0.315 e. The number of nitrogens with one attached hydrogen (secondary N) is 2. The number of thioether (sulfide) groups is 1. The van der Waals surface area contributed by atoms with Crippen molar-refractivity contribution in [1.82, 2.24) is 20.6 Å². The number of urea groups is 1. The molecular weight excluding hydrogens is 633 g/mol. The van der Waals surface area contributed by atoms with Crippen LogP contribution in [0.25, 0.3) is 11.1 Å². The molecule has 3 atom stereocenters. The fourth-order valence-corrected chi connectivity index (χ4v) is 9.83. The van der Waals surface area contributed by atoms with Crippen LogP contribution in [0, 0.1) is 17.8 Å². The first-order chi connectivity index (χ1) is 24.0. The third-order valence-corrected chi connectivity index (χ3v) is 11.9. The van der Waals surface area contributed by atoms with Crippen molar-refractivity contribution in [2.24, 2.45) is 17.8 Å². The molecule has 3 unspecified atom stereocenters. The summed E-state index contributed by atoms with van der Waals surface area (Å²) in [5.41, 5.74) is 6.05. The Morgan fingerprint density at radius 2 is 1.49 bits per heavy atom. The number of amides is 2. The number of nitrogens with zero attached hydrogens (tertiary/aromatic N) is 2. The standard InChI is InChI=1S/C40H44N4O4S/c45-24-26-8-10-31(11-9-26)36-19-35(25-49-39-41-12-3-13-42-39)47-37(48-36)34-7-2-6-33(18-34)32-5-1-4-27(17-32)23-43-38(46)44-40-20-28-14-29(21-40)16-30(15-28)22-40/h1-13,17-18,28-30,35-37,45H,14-16,19-25H2,(H2,43,44,46). The number of aromatic nitrogens is 2. The molecule has 3 aromatic carbocycles. The normalized spacial score (nSPS) is 28.7. The number of ether oxygens (including phenoxy) is 2. The lowest BCUT2D eigenvalue weighted by molar-refractivity contribution is -0.245. The third kappa shape index (κ3) is 7.55. The van der Waals surface area contributed by atoms with Gasteiger partial charge >= 0.3 is 6.03 Å². The molecule has 4 aromatic rings. The van der Waals surface area contributed by atoms with E-state index in [4.69, 9.17) is 9.47 Å². The number of rotatable bonds is 10. The number of aliphatic hydroxyl groups excluding tert-OH is 1. The monoisotopic (exact) mass is 676 g/mol. The molecule has 5 aliphatic rings. The van der Waals surface area contributed by atoms with E-state index in [-0.39, 0.29) is 30.4 Å². The largest absolute Gasteiger partial charge is 0.392 e. The highest BCUT2D eigenvalue weighted by molar-refractivity contribution is 7.99. The number of aliphatic hydroxyl groups is 1. The summed E-state index contributed by atoms with van der Waals surface area (Å²) in [6, 6.07) is 26.4. The zero-order valence-corrected chi connectivity index (χ0v) is 28.5. The van der Waals surface area contributed by atoms with Crippen LogP contribution in [0.4, 0.5) is 4.79 Å². The molecule has 3 N–H and O–H groups in total. The molecule has 0 spiro atoms. The van der Waals surface area contributed by atoms with Gasteiger partial charge in [-0.1, -0.05) is 72.4 Å². The minimum Gasteiger partial charge on any atom is -0.392 e. The minimum absolute atomic E-state index is 0.000705. The lowest BCUT2D eigenvalue weighted by Gasteiger charge is -2.56. The molecule has 2 amide bonds. The van der Waals surface area contributed by atoms with Gasteiger partial charge in [0, 0.05) is 42.2 Å². The van der Waals surface area contributed by atoms with Gasteiger partial charge in [-0.2, -0.15) is 0 Å². The average Bonchev–Trinajstić information content (AvgIpc) is 3.13. The second kappa shape index (κ2) is 14.2. The zero-order chi connectivity index (χ0) is 33.2. The van der Waals surface area contributed by atoms with Crippen LogP contribution >= 0.6 is 11.8 Å². The van der Waals surface area contributed by atoms with Crippen LogP contribution in [0.2, 0.25) is 0 Å². The van der Waals surface area contributed by atoms with E-state index in [9.17, 15) is 9.90 Å². The van der Waals surface area contributed by atoms with E-state index in [2.05, 4.69) is 63.1 Å². The molecule has 9 rings (SSSR count). The van der Waals surface area contributed by atoms with Gasteiger partial charge in [-0.3, -0.25) is 0 Å². The van der Waals surface area contributed by atoms with Crippen LogP contribution in [0.15, 0.2) is 96.4 Å². The van der Waals surface area contributed by atoms with E-state index in [1.165, 1.54) is 19.3 Å². The first-order valence-corrected chi connectivity index (χ1v) is 18.6. The molecule has 4 saturated carbocycles. The lowest BCUT2D eigenvalue weighted by Crippen LogP contribution is -2.61. The summed E-state index contributed by atoms with van der Waals surface area (Å²) in [5.74, 6) is 3.07. The Labute approximate surface area is 292 Å². The Hall–Kier alpha value is -3.76. The van der Waals surface area contributed by atoms with Gasteiger partial charge in [0.15, 0.2) is 11.4 Å². The Morgan fingerprint density at radius 1 is 0.796 bits per heavy atom. The van der Waals surface area contributed by atoms with E-state index < -0.39 is 6.29 Å². The Balaban J connectivity index is 0.951. The fraction of sp³-hybridized carbons (Fsp3) is 0.425. The predicted molar refractivity (Wildman–Crippen MR) is 189 cm³/mol. The van der Waals surface area contributed by atoms with Gasteiger partial charge in [-0.05, 0) is 102 Å². The molecule has 4 aliphatic carbocycles. The summed E-state index contributed by atoms with van der Waals surface area (Å²) in [6.07, 6.45) is 10.9. The molecule has 5 fully saturated rings. The number of hydrogen-bond donors (Lipinski definition) is 3. The summed E-state index contributed by atoms with van der Waals surface area (Å²) in [4.78, 5) is 21.9. The summed E-state index contributed by atoms with van der Waals surface area (Å²) < 4.78 is 13.2. The second-order valence-corrected chi connectivity index (χ2v) is 15.5. The van der Waals surface area contributed by atoms with Crippen LogP contribution in [0.3, 0.4) is 0 Å². The molecule has 1 aromatic heterocycles. The van der Waals surface area contributed by atoms with Crippen molar-refractivity contribution in [1.29, 1.82) is 0 Å². The molecule has 254 valence electrons. The van der Waals surface area contributed by atoms with Gasteiger partial charge in [-0.25, -0.2) is 14.8 Å². The zero-order valence-electron chi connectivity index (χ0n) is 27.7. The fourth-order valence-electron chi connectivity index (χ4n) is 9.01. The first kappa shape index (κ1) is 32.4. The maximum atomic E-state index is 13.1. The quantitative estimate of drug-likeness (QED) is 0.117. The lowest BCUT2D eigenvalue weighted by atomic mass is 9.53. The number of benzene rings is 3. The molecule has 4 bridgehead atoms. The molecule has 1 saturated heterocycles. The smallest absolute Gasteiger partial charge is 0.315 e. The highest BCUT2D eigenvalue weighted by Crippen LogP contribution is 2.55. The van der Waals surface area contributed by atoms with Gasteiger partial charge < -0.3 is 25.2 Å². The maximum absolute atomic E-state index is 13.1. The minimum atomic E-state index is -0.559. The number of carbonyl (C=O) groups is 1. The Kier molecular flexibility index (Phi) is 9.42. The summed E-state index contributed by atoms with van der Waals surface area (Å²) >= 11 is 1.58. The van der Waals surface area contributed by atoms with Crippen LogP contribution < -0.4 is 10.6 Å². The number of carbonyl (C=O) groups excluding carboxylic acids is 1. The van der Waals surface area contributed by atoms with Crippen molar-refractivity contribution < 1.29 is 19.4 Å². The Bertz CT molecular complexity index is 1720. The van der Waals surface area contributed by atoms with Gasteiger partial charge in [0.25, 0.3) is 0 Å². The van der Waals surface area contributed by atoms with Crippen LogP contribution in [0.1, 0.15) is 79.6 Å². The van der Waals surface area contributed by atoms with E-state index in [0.717, 1.165) is 75.6 Å². The average molecular weight is 677 g/mol. The van der Waals surface area contributed by atoms with E-state index >= 15 is 0 Å². The molecule has 1 aliphatic heterocycles. The van der Waals surface area contributed by atoms with Gasteiger partial charge in [0.05, 0.1) is 18.8 Å². The topological polar surface area (TPSA) is 106 Å². The van der Waals surface area contributed by atoms with Gasteiger partial charge in [0.1, 0.15) is 0 Å². The van der Waals surface area contributed by atoms with Crippen molar-refractivity contribution in [2.45, 2.75) is 87.3 Å². The third-order valence-electron chi connectivity index (χ3n) is 10.8. The van der Waals surface area contributed by atoms with Crippen molar-refractivity contribution in [2.75, 3.05) is 5.75 Å². The Morgan fingerprint density at radius 3 is 2.20 bits per heavy atom. The van der Waals surface area contributed by atoms with Gasteiger partial charge in [-0.15, -0.1) is 0 Å². The SMILES string of the molecule is O=C(NCc1cccc(-c2cccc(C3OC(CSc4ncccn4)CC(c4ccc(CO)cc4)O3)c2)c1)NC12CC3CC(CC(C3)C1)C2. The van der Waals surface area contributed by atoms with Crippen LogP contribution in [0.5, 0.6) is 0 Å². The first-order valence-electron chi connectivity index (χ1n) is 17.6. The summed E-state index contributed by atoms with van der Waals surface area (Å²) in [6.45, 7) is 0.481. The van der Waals surface area contributed by atoms with Crippen LogP contribution in [-0.4, -0.2) is 38.5 Å².